The first-order valence-electron chi connectivity index (χ1n) is 9.91. The minimum atomic E-state index is -0.271. The smallest absolute Gasteiger partial charge is 0.270 e. The lowest BCUT2D eigenvalue weighted by Gasteiger charge is -2.34. The minimum absolute atomic E-state index is 0.0255. The first-order valence-corrected chi connectivity index (χ1v) is 9.91. The highest BCUT2D eigenvalue weighted by Gasteiger charge is 2.22. The lowest BCUT2D eigenvalue weighted by Crippen LogP contribution is -2.50. The van der Waals surface area contributed by atoms with E-state index in [1.165, 1.54) is 6.07 Å². The monoisotopic (exact) mass is 383 g/mol. The van der Waals surface area contributed by atoms with Crippen LogP contribution < -0.4 is 11.1 Å². The van der Waals surface area contributed by atoms with Crippen LogP contribution in [0.4, 0.5) is 0 Å². The van der Waals surface area contributed by atoms with Crippen molar-refractivity contribution < 1.29 is 4.79 Å². The quantitative estimate of drug-likeness (QED) is 0.818. The summed E-state index contributed by atoms with van der Waals surface area (Å²) < 4.78 is 1.58. The van der Waals surface area contributed by atoms with Crippen molar-refractivity contribution in [2.24, 2.45) is 0 Å². The van der Waals surface area contributed by atoms with E-state index in [2.05, 4.69) is 15.0 Å². The minimum Gasteiger partial charge on any atom is -0.335 e. The van der Waals surface area contributed by atoms with E-state index in [1.807, 2.05) is 0 Å². The molecule has 8 nitrogen and oxygen atoms in total. The maximum Gasteiger partial charge on any atom is 0.270 e. The standard InChI is InChI=1S/C20H25N5O3/c26-18-7-3-6-17(21-18)20(28)24-11-8-23(9-12-24)10-13-25-19(27)14-15-4-1-2-5-16(15)22-25/h3,6-7,14H,1-2,4-5,8-13H2,(H,21,26). The van der Waals surface area contributed by atoms with E-state index in [0.717, 1.165) is 56.6 Å². The number of fused-ring (bicyclic) bond motifs is 1. The van der Waals surface area contributed by atoms with Crippen LogP contribution in [0.1, 0.15) is 34.6 Å². The first kappa shape index (κ1) is 18.6. The van der Waals surface area contributed by atoms with Gasteiger partial charge in [-0.3, -0.25) is 19.3 Å². The Morgan fingerprint density at radius 2 is 1.82 bits per heavy atom. The molecule has 0 unspecified atom stereocenters. The number of amides is 1. The van der Waals surface area contributed by atoms with Crippen molar-refractivity contribution in [1.29, 1.82) is 0 Å². The average Bonchev–Trinajstić information content (AvgIpc) is 2.72. The second-order valence-electron chi connectivity index (χ2n) is 7.45. The highest BCUT2D eigenvalue weighted by atomic mass is 16.2. The van der Waals surface area contributed by atoms with E-state index in [1.54, 1.807) is 27.8 Å². The zero-order valence-corrected chi connectivity index (χ0v) is 15.9. The van der Waals surface area contributed by atoms with Gasteiger partial charge in [-0.15, -0.1) is 0 Å². The second kappa shape index (κ2) is 8.10. The van der Waals surface area contributed by atoms with Gasteiger partial charge in [0.1, 0.15) is 5.69 Å². The lowest BCUT2D eigenvalue weighted by atomic mass is 9.97. The van der Waals surface area contributed by atoms with Crippen molar-refractivity contribution in [3.05, 3.63) is 61.9 Å². The van der Waals surface area contributed by atoms with E-state index in [-0.39, 0.29) is 17.0 Å². The van der Waals surface area contributed by atoms with Crippen LogP contribution in [0.15, 0.2) is 33.9 Å². The van der Waals surface area contributed by atoms with Gasteiger partial charge < -0.3 is 9.88 Å². The zero-order valence-electron chi connectivity index (χ0n) is 15.9. The summed E-state index contributed by atoms with van der Waals surface area (Å²) in [5.41, 5.74) is 2.21. The number of H-pyrrole nitrogens is 1. The lowest BCUT2D eigenvalue weighted by molar-refractivity contribution is 0.0625. The van der Waals surface area contributed by atoms with Gasteiger partial charge in [-0.05, 0) is 37.3 Å². The third-order valence-electron chi connectivity index (χ3n) is 5.56. The average molecular weight is 383 g/mol. The first-order chi connectivity index (χ1) is 13.6. The van der Waals surface area contributed by atoms with Crippen LogP contribution >= 0.6 is 0 Å². The Morgan fingerprint density at radius 1 is 1.04 bits per heavy atom. The summed E-state index contributed by atoms with van der Waals surface area (Å²) in [6.45, 7) is 3.97. The third kappa shape index (κ3) is 4.06. The Kier molecular flexibility index (Phi) is 5.38. The molecule has 1 aliphatic heterocycles. The van der Waals surface area contributed by atoms with Crippen LogP contribution in [-0.4, -0.2) is 63.2 Å². The van der Waals surface area contributed by atoms with E-state index >= 15 is 0 Å². The highest BCUT2D eigenvalue weighted by molar-refractivity contribution is 5.92. The number of nitrogens with one attached hydrogen (secondary N) is 1. The molecule has 0 spiro atoms. The Bertz CT molecular complexity index is 972. The molecule has 0 atom stereocenters. The van der Waals surface area contributed by atoms with Gasteiger partial charge >= 0.3 is 0 Å². The fourth-order valence-corrected chi connectivity index (χ4v) is 3.91. The number of aromatic nitrogens is 3. The van der Waals surface area contributed by atoms with Gasteiger partial charge in [0.05, 0.1) is 12.2 Å². The Labute approximate surface area is 162 Å². The largest absolute Gasteiger partial charge is 0.335 e. The molecule has 2 aromatic rings. The van der Waals surface area contributed by atoms with E-state index < -0.39 is 0 Å². The van der Waals surface area contributed by atoms with Crippen molar-refractivity contribution in [2.45, 2.75) is 32.2 Å². The van der Waals surface area contributed by atoms with Crippen LogP contribution in [0.3, 0.4) is 0 Å². The predicted molar refractivity (Wildman–Crippen MR) is 105 cm³/mol. The van der Waals surface area contributed by atoms with Gasteiger partial charge in [-0.2, -0.15) is 5.10 Å². The Balaban J connectivity index is 1.32. The summed E-state index contributed by atoms with van der Waals surface area (Å²) >= 11 is 0. The number of nitrogens with zero attached hydrogens (tertiary/aromatic N) is 4. The molecule has 1 amide bonds. The fourth-order valence-electron chi connectivity index (χ4n) is 3.91. The molecule has 1 aliphatic carbocycles. The summed E-state index contributed by atoms with van der Waals surface area (Å²) in [5.74, 6) is -0.148. The Hall–Kier alpha value is -2.74. The zero-order chi connectivity index (χ0) is 19.5. The highest BCUT2D eigenvalue weighted by Crippen LogP contribution is 2.16. The van der Waals surface area contributed by atoms with Gasteiger partial charge in [-0.25, -0.2) is 4.68 Å². The van der Waals surface area contributed by atoms with Crippen LogP contribution in [0.2, 0.25) is 0 Å². The van der Waals surface area contributed by atoms with Gasteiger partial charge in [0.2, 0.25) is 5.56 Å². The molecule has 0 bridgehead atoms. The van der Waals surface area contributed by atoms with Crippen molar-refractivity contribution >= 4 is 5.91 Å². The van der Waals surface area contributed by atoms with Crippen molar-refractivity contribution in [2.75, 3.05) is 32.7 Å². The molecular weight excluding hydrogens is 358 g/mol. The number of hydrogen-bond donors (Lipinski definition) is 1. The van der Waals surface area contributed by atoms with Gasteiger partial charge in [0, 0.05) is 44.9 Å². The second-order valence-corrected chi connectivity index (χ2v) is 7.45. The molecular formula is C20H25N5O3. The summed E-state index contributed by atoms with van der Waals surface area (Å²) in [6.07, 6.45) is 4.19. The van der Waals surface area contributed by atoms with Crippen LogP contribution in [0.25, 0.3) is 0 Å². The van der Waals surface area contributed by atoms with Gasteiger partial charge in [-0.1, -0.05) is 6.07 Å². The molecule has 8 heteroatoms. The van der Waals surface area contributed by atoms with Gasteiger partial charge in [0.15, 0.2) is 0 Å². The van der Waals surface area contributed by atoms with E-state index in [4.69, 9.17) is 0 Å². The summed E-state index contributed by atoms with van der Waals surface area (Å²) in [4.78, 5) is 42.8. The van der Waals surface area contributed by atoms with Crippen molar-refractivity contribution in [1.82, 2.24) is 24.6 Å². The molecule has 0 saturated carbocycles. The number of carbonyl (C=O) groups is 1. The maximum atomic E-state index is 12.5. The number of aryl methyl sites for hydroxylation is 2. The van der Waals surface area contributed by atoms with Crippen LogP contribution in [0, 0.1) is 0 Å². The summed E-state index contributed by atoms with van der Waals surface area (Å²) in [5, 5.41) is 4.57. The van der Waals surface area contributed by atoms with Gasteiger partial charge in [0.25, 0.3) is 11.5 Å². The molecule has 1 N–H and O–H groups in total. The van der Waals surface area contributed by atoms with Crippen molar-refractivity contribution in [3.8, 4) is 0 Å². The predicted octanol–water partition coefficient (Wildman–Crippen LogP) is 0.268. The summed E-state index contributed by atoms with van der Waals surface area (Å²) in [7, 11) is 0. The molecule has 4 rings (SSSR count). The topological polar surface area (TPSA) is 91.3 Å². The fraction of sp³-hybridized carbons (Fsp3) is 0.500. The maximum absolute atomic E-state index is 12.5. The van der Waals surface area contributed by atoms with E-state index in [9.17, 15) is 14.4 Å². The molecule has 28 heavy (non-hydrogen) atoms. The van der Waals surface area contributed by atoms with Crippen LogP contribution in [-0.2, 0) is 19.4 Å². The normalized spacial score (nSPS) is 17.4. The molecule has 2 aliphatic rings. The number of piperazine rings is 1. The molecule has 148 valence electrons. The van der Waals surface area contributed by atoms with Crippen LogP contribution in [0.5, 0.6) is 0 Å². The Morgan fingerprint density at radius 3 is 2.61 bits per heavy atom. The van der Waals surface area contributed by atoms with Crippen molar-refractivity contribution in [3.63, 3.8) is 0 Å². The number of carbonyl (C=O) groups excluding carboxylic acids is 1. The SMILES string of the molecule is O=C(c1cccc(=O)[nH]1)N1CCN(CCn2nc3c(cc2=O)CCCC3)CC1. The van der Waals surface area contributed by atoms with E-state index in [0.29, 0.717) is 25.3 Å². The number of rotatable bonds is 4. The third-order valence-corrected chi connectivity index (χ3v) is 5.56. The number of aromatic amines is 1. The molecule has 1 saturated heterocycles. The molecule has 0 aromatic carbocycles. The molecule has 2 aromatic heterocycles. The number of pyridine rings is 1. The molecule has 1 fully saturated rings. The molecule has 3 heterocycles. The molecule has 0 radical (unpaired) electrons. The number of hydrogen-bond acceptors (Lipinski definition) is 5. The summed E-state index contributed by atoms with van der Waals surface area (Å²) in [6, 6.07) is 6.36.